The third kappa shape index (κ3) is 7.34. The molecule has 0 aliphatic heterocycles. The number of nitrogens with one attached hydrogen (secondary N) is 1. The molecule has 1 rings (SSSR count). The number of hydrogen-bond donors (Lipinski definition) is 2. The highest BCUT2D eigenvalue weighted by molar-refractivity contribution is 6.30. The second-order valence-electron chi connectivity index (χ2n) is 6.03. The fraction of sp³-hybridized carbons (Fsp3) is 0.500. The Kier molecular flexibility index (Phi) is 7.32. The minimum absolute atomic E-state index is 0.0989. The molecule has 1 aromatic rings. The molecule has 1 aromatic carbocycles. The number of carbonyl (C=O) groups excluding carboxylic acids is 2. The van der Waals surface area contributed by atoms with Gasteiger partial charge in [-0.1, -0.05) is 23.7 Å². The van der Waals surface area contributed by atoms with Crippen molar-refractivity contribution in [2.75, 3.05) is 19.6 Å². The van der Waals surface area contributed by atoms with Crippen LogP contribution in [0, 0.1) is 0 Å². The van der Waals surface area contributed by atoms with Gasteiger partial charge in [-0.05, 0) is 44.9 Å². The molecule has 0 radical (unpaired) electrons. The van der Waals surface area contributed by atoms with Gasteiger partial charge in [0.15, 0.2) is 0 Å². The van der Waals surface area contributed by atoms with Crippen molar-refractivity contribution in [2.24, 2.45) is 5.73 Å². The molecule has 3 N–H and O–H groups in total. The van der Waals surface area contributed by atoms with Gasteiger partial charge in [0.2, 0.25) is 0 Å². The molecule has 6 nitrogen and oxygen atoms in total. The molecule has 0 saturated heterocycles. The van der Waals surface area contributed by atoms with Crippen LogP contribution in [0.4, 0.5) is 9.59 Å². The van der Waals surface area contributed by atoms with E-state index < -0.39 is 17.7 Å². The first-order valence-corrected chi connectivity index (χ1v) is 7.83. The van der Waals surface area contributed by atoms with Gasteiger partial charge in [0, 0.05) is 24.7 Å². The number of ether oxygens (including phenoxy) is 1. The SMILES string of the molecule is CC(C)(C)OC(=O)N(CCN)C(=O)NCCc1ccc(Cl)cc1. The zero-order valence-corrected chi connectivity index (χ0v) is 14.5. The lowest BCUT2D eigenvalue weighted by molar-refractivity contribution is 0.0325. The highest BCUT2D eigenvalue weighted by Crippen LogP contribution is 2.11. The minimum Gasteiger partial charge on any atom is -0.443 e. The quantitative estimate of drug-likeness (QED) is 0.862. The summed E-state index contributed by atoms with van der Waals surface area (Å²) in [6.07, 6.45) is -0.0693. The predicted octanol–water partition coefficient (Wildman–Crippen LogP) is 2.79. The van der Waals surface area contributed by atoms with Gasteiger partial charge in [0.25, 0.3) is 0 Å². The average Bonchev–Trinajstić information content (AvgIpc) is 2.44. The molecule has 128 valence electrons. The van der Waals surface area contributed by atoms with Crippen LogP contribution in [0.5, 0.6) is 0 Å². The van der Waals surface area contributed by atoms with E-state index in [1.165, 1.54) is 0 Å². The first-order valence-electron chi connectivity index (χ1n) is 7.46. The van der Waals surface area contributed by atoms with E-state index in [1.54, 1.807) is 32.9 Å². The van der Waals surface area contributed by atoms with E-state index in [0.717, 1.165) is 10.5 Å². The summed E-state index contributed by atoms with van der Waals surface area (Å²) in [4.78, 5) is 25.2. The molecule has 0 saturated carbocycles. The molecule has 0 spiro atoms. The summed E-state index contributed by atoms with van der Waals surface area (Å²) in [6, 6.07) is 6.85. The highest BCUT2D eigenvalue weighted by Gasteiger charge is 2.26. The Morgan fingerprint density at radius 2 is 1.87 bits per heavy atom. The van der Waals surface area contributed by atoms with Gasteiger partial charge >= 0.3 is 12.1 Å². The van der Waals surface area contributed by atoms with E-state index in [4.69, 9.17) is 22.1 Å². The van der Waals surface area contributed by atoms with E-state index in [-0.39, 0.29) is 13.1 Å². The predicted molar refractivity (Wildman–Crippen MR) is 90.5 cm³/mol. The molecule has 7 heteroatoms. The topological polar surface area (TPSA) is 84.7 Å². The molecule has 0 atom stereocenters. The number of benzene rings is 1. The van der Waals surface area contributed by atoms with Gasteiger partial charge < -0.3 is 15.8 Å². The van der Waals surface area contributed by atoms with Gasteiger partial charge in [0.1, 0.15) is 5.60 Å². The van der Waals surface area contributed by atoms with Crippen molar-refractivity contribution >= 4 is 23.7 Å². The molecule has 0 bridgehead atoms. The highest BCUT2D eigenvalue weighted by atomic mass is 35.5. The van der Waals surface area contributed by atoms with Crippen LogP contribution in [0.25, 0.3) is 0 Å². The molecule has 23 heavy (non-hydrogen) atoms. The largest absolute Gasteiger partial charge is 0.443 e. The van der Waals surface area contributed by atoms with Crippen LogP contribution in [-0.4, -0.2) is 42.3 Å². The van der Waals surface area contributed by atoms with Gasteiger partial charge in [-0.15, -0.1) is 0 Å². The number of carbonyl (C=O) groups is 2. The Balaban J connectivity index is 2.53. The van der Waals surface area contributed by atoms with Crippen LogP contribution < -0.4 is 11.1 Å². The first kappa shape index (κ1) is 19.3. The first-order chi connectivity index (χ1) is 10.7. The maximum atomic E-state index is 12.1. The Hall–Kier alpha value is -1.79. The lowest BCUT2D eigenvalue weighted by Crippen LogP contribution is -2.48. The number of hydrogen-bond acceptors (Lipinski definition) is 4. The zero-order chi connectivity index (χ0) is 17.5. The fourth-order valence-electron chi connectivity index (χ4n) is 1.78. The van der Waals surface area contributed by atoms with E-state index in [1.807, 2.05) is 12.1 Å². The van der Waals surface area contributed by atoms with Crippen LogP contribution in [0.1, 0.15) is 26.3 Å². The maximum Gasteiger partial charge on any atom is 0.418 e. The molecule has 3 amide bonds. The third-order valence-corrected chi connectivity index (χ3v) is 3.07. The molecule has 0 heterocycles. The van der Waals surface area contributed by atoms with E-state index in [0.29, 0.717) is 18.0 Å². The molecule has 0 aliphatic rings. The van der Waals surface area contributed by atoms with Crippen molar-refractivity contribution in [1.29, 1.82) is 0 Å². The van der Waals surface area contributed by atoms with Crippen LogP contribution in [-0.2, 0) is 11.2 Å². The Bertz CT molecular complexity index is 526. The number of amides is 3. The molecule has 0 aromatic heterocycles. The number of imide groups is 1. The van der Waals surface area contributed by atoms with Crippen molar-refractivity contribution in [3.05, 3.63) is 34.9 Å². The third-order valence-electron chi connectivity index (χ3n) is 2.81. The van der Waals surface area contributed by atoms with Crippen molar-refractivity contribution in [3.8, 4) is 0 Å². The zero-order valence-electron chi connectivity index (χ0n) is 13.8. The molecule has 0 unspecified atom stereocenters. The molecule has 0 aliphatic carbocycles. The Morgan fingerprint density at radius 3 is 2.39 bits per heavy atom. The number of nitrogens with zero attached hydrogens (tertiary/aromatic N) is 1. The number of nitrogens with two attached hydrogens (primary N) is 1. The smallest absolute Gasteiger partial charge is 0.418 e. The summed E-state index contributed by atoms with van der Waals surface area (Å²) in [5.74, 6) is 0. The molecular weight excluding hydrogens is 318 g/mol. The minimum atomic E-state index is -0.702. The van der Waals surface area contributed by atoms with Gasteiger partial charge in [-0.25, -0.2) is 14.5 Å². The van der Waals surface area contributed by atoms with E-state index in [9.17, 15) is 9.59 Å². The average molecular weight is 342 g/mol. The maximum absolute atomic E-state index is 12.1. The van der Waals surface area contributed by atoms with E-state index >= 15 is 0 Å². The van der Waals surface area contributed by atoms with Crippen molar-refractivity contribution < 1.29 is 14.3 Å². The summed E-state index contributed by atoms with van der Waals surface area (Å²) in [5, 5.41) is 3.36. The van der Waals surface area contributed by atoms with E-state index in [2.05, 4.69) is 5.32 Å². The second kappa shape index (κ2) is 8.74. The normalized spacial score (nSPS) is 11.0. The van der Waals surface area contributed by atoms with Crippen LogP contribution in [0.15, 0.2) is 24.3 Å². The summed E-state index contributed by atoms with van der Waals surface area (Å²) in [6.45, 7) is 5.88. The number of halogens is 1. The Morgan fingerprint density at radius 1 is 1.26 bits per heavy atom. The fourth-order valence-corrected chi connectivity index (χ4v) is 1.91. The van der Waals surface area contributed by atoms with Gasteiger partial charge in [-0.2, -0.15) is 0 Å². The number of urea groups is 1. The lowest BCUT2D eigenvalue weighted by atomic mass is 10.1. The standard InChI is InChI=1S/C16H24ClN3O3/c1-16(2,3)23-15(22)20(11-9-18)14(21)19-10-8-12-4-6-13(17)7-5-12/h4-7H,8-11,18H2,1-3H3,(H,19,21). The van der Waals surface area contributed by atoms with Crippen LogP contribution in [0.3, 0.4) is 0 Å². The second-order valence-corrected chi connectivity index (χ2v) is 6.47. The molecular formula is C16H24ClN3O3. The summed E-state index contributed by atoms with van der Waals surface area (Å²) in [7, 11) is 0. The van der Waals surface area contributed by atoms with Crippen molar-refractivity contribution in [2.45, 2.75) is 32.8 Å². The van der Waals surface area contributed by atoms with Crippen molar-refractivity contribution in [3.63, 3.8) is 0 Å². The Labute approximate surface area is 141 Å². The molecule has 0 fully saturated rings. The summed E-state index contributed by atoms with van der Waals surface area (Å²) < 4.78 is 5.21. The monoisotopic (exact) mass is 341 g/mol. The number of rotatable bonds is 5. The lowest BCUT2D eigenvalue weighted by Gasteiger charge is -2.26. The van der Waals surface area contributed by atoms with Gasteiger partial charge in [-0.3, -0.25) is 0 Å². The summed E-state index contributed by atoms with van der Waals surface area (Å²) >= 11 is 5.82. The van der Waals surface area contributed by atoms with Crippen LogP contribution >= 0.6 is 11.6 Å². The summed E-state index contributed by atoms with van der Waals surface area (Å²) in [5.41, 5.74) is 5.83. The van der Waals surface area contributed by atoms with Crippen molar-refractivity contribution in [1.82, 2.24) is 10.2 Å². The van der Waals surface area contributed by atoms with Gasteiger partial charge in [0.05, 0.1) is 0 Å². The van der Waals surface area contributed by atoms with Crippen LogP contribution in [0.2, 0.25) is 5.02 Å².